The summed E-state index contributed by atoms with van der Waals surface area (Å²) in [4.78, 5) is 14.0. The van der Waals surface area contributed by atoms with Gasteiger partial charge in [-0.2, -0.15) is 26.3 Å². The number of amides is 2. The van der Waals surface area contributed by atoms with Crippen LogP contribution in [0.1, 0.15) is 59.8 Å². The number of alkyl halides is 6. The third-order valence-corrected chi connectivity index (χ3v) is 8.55. The molecule has 0 aromatic carbocycles. The SMILES string of the molecule is CCCC[NH+]1C=C(CCCCN2C[C@H](C(C)(C)C)NC2=O)N(C)N1.O=S(=O)([N-]S(=O)(=O)C(F)(F)F)C(F)(F)F. The maximum Gasteiger partial charge on any atom is 0.480 e. The number of quaternary nitrogens is 1. The molecule has 2 heterocycles. The number of unbranched alkanes of at least 4 members (excludes halogenated alkanes) is 2. The predicted molar refractivity (Wildman–Crippen MR) is 130 cm³/mol. The lowest BCUT2D eigenvalue weighted by Gasteiger charge is -2.26. The molecule has 19 heteroatoms. The number of rotatable bonds is 10. The van der Waals surface area contributed by atoms with E-state index < -0.39 is 31.1 Å². The van der Waals surface area contributed by atoms with Gasteiger partial charge in [-0.25, -0.2) is 26.6 Å². The molecular formula is C20H36F6N6O5S2. The molecule has 1 saturated heterocycles. The van der Waals surface area contributed by atoms with E-state index in [-0.39, 0.29) is 17.5 Å². The van der Waals surface area contributed by atoms with Crippen LogP contribution in [-0.2, 0) is 20.0 Å². The molecule has 0 aromatic heterocycles. The van der Waals surface area contributed by atoms with Crippen LogP contribution in [0.15, 0.2) is 11.9 Å². The highest BCUT2D eigenvalue weighted by atomic mass is 32.3. The van der Waals surface area contributed by atoms with Crippen LogP contribution >= 0.6 is 0 Å². The lowest BCUT2D eigenvalue weighted by Crippen LogP contribution is -3.13. The highest BCUT2D eigenvalue weighted by Crippen LogP contribution is 2.36. The molecule has 0 aliphatic carbocycles. The molecule has 2 amide bonds. The number of nitrogens with zero attached hydrogens (tertiary/aromatic N) is 3. The van der Waals surface area contributed by atoms with Crippen molar-refractivity contribution in [1.29, 1.82) is 0 Å². The number of hydrogen-bond acceptors (Lipinski definition) is 7. The normalized spacial score (nSPS) is 21.0. The van der Waals surface area contributed by atoms with Gasteiger partial charge in [0, 0.05) is 20.1 Å². The quantitative estimate of drug-likeness (QED) is 0.253. The predicted octanol–water partition coefficient (Wildman–Crippen LogP) is 2.55. The van der Waals surface area contributed by atoms with Gasteiger partial charge in [-0.3, -0.25) is 5.01 Å². The summed E-state index contributed by atoms with van der Waals surface area (Å²) in [5.41, 5.74) is -7.49. The van der Waals surface area contributed by atoms with Crippen LogP contribution < -0.4 is 15.9 Å². The van der Waals surface area contributed by atoms with E-state index in [1.165, 1.54) is 23.5 Å². The van der Waals surface area contributed by atoms with Crippen molar-refractivity contribution in [2.45, 2.75) is 76.9 Å². The van der Waals surface area contributed by atoms with E-state index in [9.17, 15) is 48.0 Å². The first kappa shape index (κ1) is 35.2. The summed E-state index contributed by atoms with van der Waals surface area (Å²) >= 11 is 0. The van der Waals surface area contributed by atoms with Crippen LogP contribution in [0.25, 0.3) is 4.13 Å². The Hall–Kier alpha value is -1.83. The molecule has 3 N–H and O–H groups in total. The molecule has 2 rings (SSSR count). The minimum absolute atomic E-state index is 0.101. The first-order valence-corrected chi connectivity index (χ1v) is 14.9. The molecule has 0 saturated carbocycles. The zero-order valence-electron chi connectivity index (χ0n) is 22.3. The maximum atomic E-state index is 12.1. The molecule has 39 heavy (non-hydrogen) atoms. The summed E-state index contributed by atoms with van der Waals surface area (Å²) in [6.07, 6.45) is 8.00. The number of hydrazine groups is 1. The molecule has 11 nitrogen and oxygen atoms in total. The van der Waals surface area contributed by atoms with E-state index in [2.05, 4.69) is 56.8 Å². The smallest absolute Gasteiger partial charge is 0.421 e. The largest absolute Gasteiger partial charge is 0.480 e. The third-order valence-electron chi connectivity index (χ3n) is 5.81. The lowest BCUT2D eigenvalue weighted by molar-refractivity contribution is -0.901. The maximum absolute atomic E-state index is 12.1. The average Bonchev–Trinajstić information content (AvgIpc) is 3.29. The number of carbonyl (C=O) groups is 1. The fraction of sp³-hybridized carbons (Fsp3) is 0.850. The molecule has 2 atom stereocenters. The second kappa shape index (κ2) is 13.2. The Labute approximate surface area is 225 Å². The van der Waals surface area contributed by atoms with Gasteiger partial charge in [0.1, 0.15) is 12.7 Å². The summed E-state index contributed by atoms with van der Waals surface area (Å²) in [7, 11) is -11.4. The topological polar surface area (TPSA) is 134 Å². The molecule has 1 unspecified atom stereocenters. The second-order valence-electron chi connectivity index (χ2n) is 10.1. The number of halogens is 6. The van der Waals surface area contributed by atoms with Crippen LogP contribution in [0.4, 0.5) is 31.1 Å². The van der Waals surface area contributed by atoms with Crippen molar-refractivity contribution in [1.82, 2.24) is 20.8 Å². The molecule has 0 aromatic rings. The summed E-state index contributed by atoms with van der Waals surface area (Å²) in [6, 6.07) is 0.359. The Bertz CT molecular complexity index is 1030. The summed E-state index contributed by atoms with van der Waals surface area (Å²) < 4.78 is 109. The van der Waals surface area contributed by atoms with E-state index in [1.54, 1.807) is 0 Å². The third kappa shape index (κ3) is 10.6. The van der Waals surface area contributed by atoms with Crippen LogP contribution in [0, 0.1) is 5.41 Å². The minimum Gasteiger partial charge on any atom is -0.421 e. The molecule has 2 aliphatic heterocycles. The first-order chi connectivity index (χ1) is 17.5. The van der Waals surface area contributed by atoms with Crippen LogP contribution in [0.3, 0.4) is 0 Å². The van der Waals surface area contributed by atoms with E-state index in [1.807, 2.05) is 4.90 Å². The van der Waals surface area contributed by atoms with Gasteiger partial charge in [-0.05, 0) is 31.1 Å². The van der Waals surface area contributed by atoms with Crippen molar-refractivity contribution >= 4 is 26.1 Å². The van der Waals surface area contributed by atoms with E-state index in [4.69, 9.17) is 0 Å². The minimum atomic E-state index is -6.72. The Morgan fingerprint density at radius 2 is 1.54 bits per heavy atom. The summed E-state index contributed by atoms with van der Waals surface area (Å²) in [6.45, 7) is 11.6. The zero-order valence-corrected chi connectivity index (χ0v) is 23.9. The number of carbonyl (C=O) groups excluding carboxylic acids is 1. The van der Waals surface area contributed by atoms with Crippen molar-refractivity contribution in [2.24, 2.45) is 5.41 Å². The van der Waals surface area contributed by atoms with Crippen molar-refractivity contribution in [3.05, 3.63) is 16.0 Å². The molecule has 1 fully saturated rings. The number of urea groups is 1. The van der Waals surface area contributed by atoms with E-state index in [0.717, 1.165) is 43.0 Å². The number of allylic oxidation sites excluding steroid dienone is 1. The molecule has 230 valence electrons. The highest BCUT2D eigenvalue weighted by Gasteiger charge is 2.47. The van der Waals surface area contributed by atoms with Crippen LogP contribution in [0.5, 0.6) is 0 Å². The molecule has 0 radical (unpaired) electrons. The van der Waals surface area contributed by atoms with Gasteiger partial charge in [-0.15, -0.1) is 0 Å². The number of hydrogen-bond donors (Lipinski definition) is 3. The number of sulfonamides is 2. The molecule has 0 bridgehead atoms. The van der Waals surface area contributed by atoms with E-state index >= 15 is 0 Å². The monoisotopic (exact) mass is 618 g/mol. The fourth-order valence-corrected chi connectivity index (χ4v) is 5.16. The van der Waals surface area contributed by atoms with Crippen molar-refractivity contribution in [3.8, 4) is 0 Å². The lowest BCUT2D eigenvalue weighted by atomic mass is 9.87. The van der Waals surface area contributed by atoms with Gasteiger partial charge in [0.25, 0.3) is 0 Å². The van der Waals surface area contributed by atoms with Crippen LogP contribution in [0.2, 0.25) is 0 Å². The van der Waals surface area contributed by atoms with Crippen molar-refractivity contribution in [3.63, 3.8) is 0 Å². The van der Waals surface area contributed by atoms with Gasteiger partial charge in [0.15, 0.2) is 20.0 Å². The second-order valence-corrected chi connectivity index (χ2v) is 13.5. The Morgan fingerprint density at radius 1 is 1.00 bits per heavy atom. The molecule has 0 spiro atoms. The van der Waals surface area contributed by atoms with Gasteiger partial charge < -0.3 is 14.3 Å². The van der Waals surface area contributed by atoms with Gasteiger partial charge in [0.05, 0.1) is 11.7 Å². The Morgan fingerprint density at radius 3 is 1.97 bits per heavy atom. The average molecular weight is 619 g/mol. The summed E-state index contributed by atoms with van der Waals surface area (Å²) in [5.74, 6) is 0. The Kier molecular flexibility index (Phi) is 11.9. The zero-order chi connectivity index (χ0) is 30.4. The highest BCUT2D eigenvalue weighted by molar-refractivity contribution is 8.13. The summed E-state index contributed by atoms with van der Waals surface area (Å²) in [5, 5.41) is 6.59. The van der Waals surface area contributed by atoms with Gasteiger partial charge >= 0.3 is 17.0 Å². The van der Waals surface area contributed by atoms with Gasteiger partial charge in [-0.1, -0.05) is 39.7 Å². The first-order valence-electron chi connectivity index (χ1n) is 12.0. The van der Waals surface area contributed by atoms with Gasteiger partial charge in [0.2, 0.25) is 0 Å². The Balaban J connectivity index is 0.000000439. The fourth-order valence-electron chi connectivity index (χ4n) is 3.45. The van der Waals surface area contributed by atoms with Crippen molar-refractivity contribution in [2.75, 3.05) is 26.7 Å². The van der Waals surface area contributed by atoms with Crippen molar-refractivity contribution < 1.29 is 53.0 Å². The van der Waals surface area contributed by atoms with E-state index in [0.29, 0.717) is 0 Å². The standard InChI is InChI=1S/C18H35N5O.C2F6NO4S2/c1-6-7-12-23-13-15(21(5)20-23)10-8-9-11-22-14-16(18(2,3)4)19-17(22)24;3-1(4,5)14(10,11)9-15(12,13)2(6,7)8/h13,16,20H,6-12,14H2,1-5H3,(H,19,24);/q;-1/p+1/t16-;/m1./s1. The van der Waals surface area contributed by atoms with Crippen LogP contribution in [-0.4, -0.2) is 76.5 Å². The molecular weight excluding hydrogens is 582 g/mol. The molecule has 2 aliphatic rings. The number of nitrogens with one attached hydrogen (secondary N) is 3.